The second kappa shape index (κ2) is 8.97. The van der Waals surface area contributed by atoms with E-state index in [4.69, 9.17) is 16.1 Å². The number of hydrogen-bond acceptors (Lipinski definition) is 4. The SMILES string of the molecule is CC(=O)Nc1cc2onc(CCC3CCN(Cc4ccccc4)CC3)c2cc1Cl. The number of amides is 1. The first-order chi connectivity index (χ1) is 14.1. The first-order valence-corrected chi connectivity index (χ1v) is 10.6. The third kappa shape index (κ3) is 4.98. The van der Waals surface area contributed by atoms with Crippen LogP contribution in [-0.2, 0) is 17.8 Å². The predicted molar refractivity (Wildman–Crippen MR) is 116 cm³/mol. The van der Waals surface area contributed by atoms with Crippen molar-refractivity contribution in [1.29, 1.82) is 0 Å². The van der Waals surface area contributed by atoms with Crippen LogP contribution in [-0.4, -0.2) is 29.1 Å². The fourth-order valence-electron chi connectivity index (χ4n) is 4.09. The zero-order valence-corrected chi connectivity index (χ0v) is 17.4. The Balaban J connectivity index is 1.32. The van der Waals surface area contributed by atoms with E-state index in [1.807, 2.05) is 6.07 Å². The summed E-state index contributed by atoms with van der Waals surface area (Å²) in [5.41, 5.74) is 3.55. The molecule has 1 aliphatic rings. The zero-order valence-electron chi connectivity index (χ0n) is 16.7. The van der Waals surface area contributed by atoms with Gasteiger partial charge in [-0.3, -0.25) is 9.69 Å². The van der Waals surface area contributed by atoms with Gasteiger partial charge < -0.3 is 9.84 Å². The van der Waals surface area contributed by atoms with Crippen LogP contribution in [0.1, 0.15) is 37.4 Å². The number of aryl methyl sites for hydroxylation is 1. The molecule has 1 amide bonds. The summed E-state index contributed by atoms with van der Waals surface area (Å²) in [5.74, 6) is 0.549. The number of fused-ring (bicyclic) bond motifs is 1. The summed E-state index contributed by atoms with van der Waals surface area (Å²) in [7, 11) is 0. The third-order valence-corrected chi connectivity index (χ3v) is 6.00. The van der Waals surface area contributed by atoms with Crippen LogP contribution in [0.4, 0.5) is 5.69 Å². The van der Waals surface area contributed by atoms with Gasteiger partial charge in [0.1, 0.15) is 0 Å². The van der Waals surface area contributed by atoms with Crippen molar-refractivity contribution in [2.75, 3.05) is 18.4 Å². The Morgan fingerprint density at radius 3 is 2.72 bits per heavy atom. The van der Waals surface area contributed by atoms with Gasteiger partial charge in [-0.25, -0.2) is 0 Å². The number of likely N-dealkylation sites (tertiary alicyclic amines) is 1. The molecule has 29 heavy (non-hydrogen) atoms. The first kappa shape index (κ1) is 19.9. The van der Waals surface area contributed by atoms with E-state index in [0.29, 0.717) is 22.2 Å². The van der Waals surface area contributed by atoms with E-state index < -0.39 is 0 Å². The molecular formula is C23H26ClN3O2. The summed E-state index contributed by atoms with van der Waals surface area (Å²) in [6, 6.07) is 14.3. The number of carbonyl (C=O) groups is 1. The Hall–Kier alpha value is -2.37. The molecule has 5 nitrogen and oxygen atoms in total. The van der Waals surface area contributed by atoms with Crippen LogP contribution in [0.15, 0.2) is 47.0 Å². The van der Waals surface area contributed by atoms with Crippen LogP contribution in [0.25, 0.3) is 11.0 Å². The van der Waals surface area contributed by atoms with Crippen LogP contribution < -0.4 is 5.32 Å². The molecular weight excluding hydrogens is 386 g/mol. The molecule has 0 aliphatic carbocycles. The Labute approximate surface area is 176 Å². The van der Waals surface area contributed by atoms with E-state index in [2.05, 4.69) is 45.7 Å². The quantitative estimate of drug-likeness (QED) is 0.599. The van der Waals surface area contributed by atoms with E-state index in [1.54, 1.807) is 6.07 Å². The summed E-state index contributed by atoms with van der Waals surface area (Å²) in [5, 5.41) is 8.41. The van der Waals surface area contributed by atoms with E-state index in [9.17, 15) is 4.79 Å². The third-order valence-electron chi connectivity index (χ3n) is 5.69. The average molecular weight is 412 g/mol. The number of hydrogen-bond donors (Lipinski definition) is 1. The summed E-state index contributed by atoms with van der Waals surface area (Å²) in [4.78, 5) is 13.8. The molecule has 1 saturated heterocycles. The van der Waals surface area contributed by atoms with E-state index in [0.717, 1.165) is 43.6 Å². The highest BCUT2D eigenvalue weighted by Gasteiger charge is 2.20. The van der Waals surface area contributed by atoms with Gasteiger partial charge in [-0.05, 0) is 56.3 Å². The van der Waals surface area contributed by atoms with Gasteiger partial charge in [-0.2, -0.15) is 0 Å². The van der Waals surface area contributed by atoms with E-state index in [1.165, 1.54) is 25.3 Å². The minimum atomic E-state index is -0.162. The number of rotatable bonds is 6. The van der Waals surface area contributed by atoms with Crippen molar-refractivity contribution >= 4 is 34.2 Å². The van der Waals surface area contributed by atoms with Gasteiger partial charge >= 0.3 is 0 Å². The second-order valence-corrected chi connectivity index (χ2v) is 8.29. The Kier molecular flexibility index (Phi) is 6.16. The van der Waals surface area contributed by atoms with Crippen molar-refractivity contribution in [3.8, 4) is 0 Å². The minimum Gasteiger partial charge on any atom is -0.356 e. The summed E-state index contributed by atoms with van der Waals surface area (Å²) >= 11 is 6.32. The van der Waals surface area contributed by atoms with Crippen LogP contribution in [0.5, 0.6) is 0 Å². The molecule has 0 atom stereocenters. The van der Waals surface area contributed by atoms with Crippen molar-refractivity contribution in [3.63, 3.8) is 0 Å². The number of nitrogens with zero attached hydrogens (tertiary/aromatic N) is 2. The Morgan fingerprint density at radius 2 is 2.00 bits per heavy atom. The Morgan fingerprint density at radius 1 is 1.24 bits per heavy atom. The molecule has 1 fully saturated rings. The van der Waals surface area contributed by atoms with Gasteiger partial charge in [0.05, 0.1) is 16.4 Å². The standard InChI is InChI=1S/C23H26ClN3O2/c1-16(28)25-22-14-23-19(13-20(22)24)21(26-29-23)8-7-17-9-11-27(12-10-17)15-18-5-3-2-4-6-18/h2-6,13-14,17H,7-12,15H2,1H3,(H,25,28). The number of benzene rings is 2. The molecule has 4 rings (SSSR count). The second-order valence-electron chi connectivity index (χ2n) is 7.88. The fraction of sp³-hybridized carbons (Fsp3) is 0.391. The Bertz CT molecular complexity index is 978. The maximum Gasteiger partial charge on any atom is 0.221 e. The number of carbonyl (C=O) groups excluding carboxylic acids is 1. The summed E-state index contributed by atoms with van der Waals surface area (Å²) in [6.45, 7) is 4.78. The molecule has 0 radical (unpaired) electrons. The molecule has 0 saturated carbocycles. The van der Waals surface area contributed by atoms with Gasteiger partial charge in [-0.15, -0.1) is 0 Å². The monoisotopic (exact) mass is 411 g/mol. The lowest BCUT2D eigenvalue weighted by Gasteiger charge is -2.31. The molecule has 0 spiro atoms. The topological polar surface area (TPSA) is 58.4 Å². The van der Waals surface area contributed by atoms with Gasteiger partial charge in [-0.1, -0.05) is 47.1 Å². The number of piperidine rings is 1. The predicted octanol–water partition coefficient (Wildman–Crippen LogP) is 5.28. The van der Waals surface area contributed by atoms with Crippen molar-refractivity contribution in [1.82, 2.24) is 10.1 Å². The van der Waals surface area contributed by atoms with Crippen molar-refractivity contribution < 1.29 is 9.32 Å². The van der Waals surface area contributed by atoms with Crippen molar-refractivity contribution in [3.05, 3.63) is 58.7 Å². The van der Waals surface area contributed by atoms with Gasteiger partial charge in [0, 0.05) is 24.9 Å². The first-order valence-electron chi connectivity index (χ1n) is 10.2. The lowest BCUT2D eigenvalue weighted by molar-refractivity contribution is -0.114. The van der Waals surface area contributed by atoms with Gasteiger partial charge in [0.2, 0.25) is 5.91 Å². The van der Waals surface area contributed by atoms with Crippen LogP contribution in [0, 0.1) is 5.92 Å². The number of halogens is 1. The molecule has 2 aromatic carbocycles. The van der Waals surface area contributed by atoms with Gasteiger partial charge in [0.25, 0.3) is 0 Å². The molecule has 1 N–H and O–H groups in total. The highest BCUT2D eigenvalue weighted by atomic mass is 35.5. The molecule has 6 heteroatoms. The fourth-order valence-corrected chi connectivity index (χ4v) is 4.30. The smallest absolute Gasteiger partial charge is 0.221 e. The molecule has 152 valence electrons. The maximum absolute atomic E-state index is 11.3. The van der Waals surface area contributed by atoms with Crippen molar-refractivity contribution in [2.45, 2.75) is 39.2 Å². The van der Waals surface area contributed by atoms with E-state index in [-0.39, 0.29) is 5.91 Å². The lowest BCUT2D eigenvalue weighted by atomic mass is 9.91. The maximum atomic E-state index is 11.3. The molecule has 1 aromatic heterocycles. The lowest BCUT2D eigenvalue weighted by Crippen LogP contribution is -2.33. The number of anilines is 1. The number of nitrogens with one attached hydrogen (secondary N) is 1. The minimum absolute atomic E-state index is 0.162. The average Bonchev–Trinajstić information content (AvgIpc) is 3.10. The number of aromatic nitrogens is 1. The highest BCUT2D eigenvalue weighted by molar-refractivity contribution is 6.34. The zero-order chi connectivity index (χ0) is 20.2. The summed E-state index contributed by atoms with van der Waals surface area (Å²) in [6.07, 6.45) is 4.42. The molecule has 0 bridgehead atoms. The molecule has 2 heterocycles. The van der Waals surface area contributed by atoms with Crippen molar-refractivity contribution in [2.24, 2.45) is 5.92 Å². The molecule has 1 aliphatic heterocycles. The van der Waals surface area contributed by atoms with Crippen LogP contribution in [0.2, 0.25) is 5.02 Å². The molecule has 3 aromatic rings. The van der Waals surface area contributed by atoms with Crippen LogP contribution >= 0.6 is 11.6 Å². The normalized spacial score (nSPS) is 15.7. The summed E-state index contributed by atoms with van der Waals surface area (Å²) < 4.78 is 5.48. The molecule has 0 unspecified atom stereocenters. The highest BCUT2D eigenvalue weighted by Crippen LogP contribution is 2.31. The van der Waals surface area contributed by atoms with Crippen LogP contribution in [0.3, 0.4) is 0 Å². The largest absolute Gasteiger partial charge is 0.356 e. The van der Waals surface area contributed by atoms with Gasteiger partial charge in [0.15, 0.2) is 5.58 Å². The van der Waals surface area contributed by atoms with E-state index >= 15 is 0 Å².